The number of carbonyl (C=O) groups excluding carboxylic acids is 1. The van der Waals surface area contributed by atoms with Crippen molar-refractivity contribution in [3.8, 4) is 0 Å². The Labute approximate surface area is 149 Å². The first-order valence-corrected chi connectivity index (χ1v) is 9.51. The highest BCUT2D eigenvalue weighted by molar-refractivity contribution is 7.99. The Morgan fingerprint density at radius 3 is 2.36 bits per heavy atom. The number of alkyl halides is 5. The molecule has 25 heavy (non-hydrogen) atoms. The summed E-state index contributed by atoms with van der Waals surface area (Å²) in [5, 5.41) is 0. The highest BCUT2D eigenvalue weighted by Crippen LogP contribution is 2.39. The maximum Gasteiger partial charge on any atom is 0.453 e. The van der Waals surface area contributed by atoms with E-state index in [0.29, 0.717) is 18.7 Å². The van der Waals surface area contributed by atoms with Gasteiger partial charge in [0.1, 0.15) is 5.60 Å². The van der Waals surface area contributed by atoms with Crippen LogP contribution < -0.4 is 0 Å². The number of nitrogens with zero attached hydrogens (tertiary/aromatic N) is 1. The van der Waals surface area contributed by atoms with Crippen molar-refractivity contribution in [3.05, 3.63) is 0 Å². The molecule has 0 bridgehead atoms. The number of hydrogen-bond acceptors (Lipinski definition) is 3. The summed E-state index contributed by atoms with van der Waals surface area (Å²) in [4.78, 5) is 13.8. The van der Waals surface area contributed by atoms with Gasteiger partial charge in [0, 0.05) is 19.0 Å². The predicted molar refractivity (Wildman–Crippen MR) is 88.1 cm³/mol. The highest BCUT2D eigenvalue weighted by atomic mass is 32.2. The molecule has 1 aliphatic heterocycles. The molecule has 0 aromatic rings. The first kappa shape index (κ1) is 22.3. The van der Waals surface area contributed by atoms with Gasteiger partial charge in [-0.05, 0) is 58.0 Å². The maximum atomic E-state index is 12.8. The quantitative estimate of drug-likeness (QED) is 0.425. The van der Waals surface area contributed by atoms with Gasteiger partial charge in [0.25, 0.3) is 0 Å². The summed E-state index contributed by atoms with van der Waals surface area (Å²) in [6, 6.07) is 0.0407. The minimum Gasteiger partial charge on any atom is -0.444 e. The second kappa shape index (κ2) is 8.77. The van der Waals surface area contributed by atoms with E-state index < -0.39 is 24.1 Å². The largest absolute Gasteiger partial charge is 0.453 e. The normalized spacial score (nSPS) is 19.4. The van der Waals surface area contributed by atoms with Gasteiger partial charge < -0.3 is 9.64 Å². The molecule has 0 aromatic carbocycles. The Kier molecular flexibility index (Phi) is 7.83. The third kappa shape index (κ3) is 7.58. The molecule has 1 fully saturated rings. The molecule has 1 amide bonds. The summed E-state index contributed by atoms with van der Waals surface area (Å²) in [6.45, 7) is 6.01. The van der Waals surface area contributed by atoms with Crippen molar-refractivity contribution in [1.29, 1.82) is 0 Å². The standard InChI is InChI=1S/C16H26F5NO2S/c1-14(2,3)24-13(23)22-9-4-6-12(22)7-11-25-10-5-8-15(17,18)16(19,20)21/h12H,4-11H2,1-3H3/t12-/m1/s1. The third-order valence-corrected chi connectivity index (χ3v) is 4.90. The van der Waals surface area contributed by atoms with Crippen LogP contribution in [0.5, 0.6) is 0 Å². The number of rotatable bonds is 7. The number of ether oxygens (including phenoxy) is 1. The molecule has 0 spiro atoms. The number of likely N-dealkylation sites (tertiary alicyclic amines) is 1. The van der Waals surface area contributed by atoms with Crippen LogP contribution in [-0.4, -0.2) is 52.8 Å². The van der Waals surface area contributed by atoms with Crippen LogP contribution in [0.25, 0.3) is 0 Å². The highest BCUT2D eigenvalue weighted by Gasteiger charge is 2.56. The van der Waals surface area contributed by atoms with Gasteiger partial charge in [0.2, 0.25) is 0 Å². The average molecular weight is 391 g/mol. The summed E-state index contributed by atoms with van der Waals surface area (Å²) in [5.74, 6) is -3.76. The summed E-state index contributed by atoms with van der Waals surface area (Å²) >= 11 is 1.34. The fourth-order valence-corrected chi connectivity index (χ4v) is 3.55. The van der Waals surface area contributed by atoms with Crippen LogP contribution in [0.15, 0.2) is 0 Å². The van der Waals surface area contributed by atoms with E-state index in [1.165, 1.54) is 11.8 Å². The third-order valence-electron chi connectivity index (χ3n) is 3.79. The molecule has 0 unspecified atom stereocenters. The molecule has 3 nitrogen and oxygen atoms in total. The van der Waals surface area contributed by atoms with Gasteiger partial charge in [-0.2, -0.15) is 33.7 Å². The second-order valence-corrected chi connectivity index (χ2v) is 8.40. The summed E-state index contributed by atoms with van der Waals surface area (Å²) in [6.07, 6.45) is -4.80. The van der Waals surface area contributed by atoms with Crippen LogP contribution in [0.1, 0.15) is 52.9 Å². The van der Waals surface area contributed by atoms with Crippen LogP contribution >= 0.6 is 11.8 Å². The van der Waals surface area contributed by atoms with Crippen LogP contribution in [-0.2, 0) is 4.74 Å². The Balaban J connectivity index is 2.26. The number of amides is 1. The molecule has 1 heterocycles. The Morgan fingerprint density at radius 1 is 1.16 bits per heavy atom. The molecule has 9 heteroatoms. The lowest BCUT2D eigenvalue weighted by Crippen LogP contribution is -2.40. The van der Waals surface area contributed by atoms with E-state index in [0.717, 1.165) is 12.8 Å². The van der Waals surface area contributed by atoms with Crippen LogP contribution in [0.3, 0.4) is 0 Å². The van der Waals surface area contributed by atoms with Gasteiger partial charge in [-0.3, -0.25) is 0 Å². The zero-order valence-corrected chi connectivity index (χ0v) is 15.6. The molecule has 1 rings (SSSR count). The van der Waals surface area contributed by atoms with Crippen molar-refractivity contribution in [1.82, 2.24) is 4.90 Å². The summed E-state index contributed by atoms with van der Waals surface area (Å²) < 4.78 is 67.0. The number of halogens is 5. The average Bonchev–Trinajstić information content (AvgIpc) is 2.87. The van der Waals surface area contributed by atoms with Crippen molar-refractivity contribution >= 4 is 17.9 Å². The van der Waals surface area contributed by atoms with E-state index >= 15 is 0 Å². The molecule has 0 radical (unpaired) electrons. The lowest BCUT2D eigenvalue weighted by molar-refractivity contribution is -0.284. The second-order valence-electron chi connectivity index (χ2n) is 7.18. The van der Waals surface area contributed by atoms with E-state index in [1.54, 1.807) is 25.7 Å². The minimum absolute atomic E-state index is 0.0407. The first-order valence-electron chi connectivity index (χ1n) is 8.35. The molecule has 1 aliphatic rings. The molecule has 0 aliphatic carbocycles. The fourth-order valence-electron chi connectivity index (χ4n) is 2.56. The van der Waals surface area contributed by atoms with Crippen LogP contribution in [0.2, 0.25) is 0 Å². The number of carbonyl (C=O) groups is 1. The zero-order valence-electron chi connectivity index (χ0n) is 14.8. The molecule has 148 valence electrons. The molecule has 0 saturated carbocycles. The Hall–Kier alpha value is -0.730. The number of hydrogen-bond donors (Lipinski definition) is 0. The van der Waals surface area contributed by atoms with Gasteiger partial charge in [0.05, 0.1) is 0 Å². The van der Waals surface area contributed by atoms with E-state index in [1.807, 2.05) is 0 Å². The van der Waals surface area contributed by atoms with Gasteiger partial charge in [0.15, 0.2) is 0 Å². The zero-order chi connectivity index (χ0) is 19.3. The fraction of sp³-hybridized carbons (Fsp3) is 0.938. The predicted octanol–water partition coefficient (Wildman–Crippen LogP) is 5.49. The van der Waals surface area contributed by atoms with E-state index in [2.05, 4.69) is 0 Å². The Bertz CT molecular complexity index is 437. The molecule has 0 aromatic heterocycles. The molecular formula is C16H26F5NO2S. The molecule has 0 N–H and O–H groups in total. The van der Waals surface area contributed by atoms with Crippen molar-refractivity contribution in [2.45, 2.75) is 76.6 Å². The number of thioether (sulfide) groups is 1. The topological polar surface area (TPSA) is 29.5 Å². The summed E-state index contributed by atoms with van der Waals surface area (Å²) in [7, 11) is 0. The molecule has 1 atom stereocenters. The first-order chi connectivity index (χ1) is 11.3. The SMILES string of the molecule is CC(C)(C)OC(=O)N1CCC[C@@H]1CCSCCCC(F)(F)C(F)(F)F. The van der Waals surface area contributed by atoms with Crippen molar-refractivity contribution in [3.63, 3.8) is 0 Å². The van der Waals surface area contributed by atoms with Gasteiger partial charge in [-0.25, -0.2) is 4.79 Å². The lowest BCUT2D eigenvalue weighted by Gasteiger charge is -2.28. The van der Waals surface area contributed by atoms with Crippen molar-refractivity contribution in [2.24, 2.45) is 0 Å². The van der Waals surface area contributed by atoms with Gasteiger partial charge in [-0.1, -0.05) is 0 Å². The monoisotopic (exact) mass is 391 g/mol. The summed E-state index contributed by atoms with van der Waals surface area (Å²) in [5.41, 5.74) is -0.567. The van der Waals surface area contributed by atoms with Crippen molar-refractivity contribution < 1.29 is 31.5 Å². The molecule has 1 saturated heterocycles. The van der Waals surface area contributed by atoms with Gasteiger partial charge >= 0.3 is 18.2 Å². The van der Waals surface area contributed by atoms with Crippen molar-refractivity contribution in [2.75, 3.05) is 18.1 Å². The van der Waals surface area contributed by atoms with E-state index in [9.17, 15) is 26.7 Å². The van der Waals surface area contributed by atoms with Crippen LogP contribution in [0, 0.1) is 0 Å². The van der Waals surface area contributed by atoms with Gasteiger partial charge in [-0.15, -0.1) is 0 Å². The smallest absolute Gasteiger partial charge is 0.444 e. The molecular weight excluding hydrogens is 365 g/mol. The van der Waals surface area contributed by atoms with Crippen LogP contribution in [0.4, 0.5) is 26.7 Å². The van der Waals surface area contributed by atoms with E-state index in [4.69, 9.17) is 4.74 Å². The lowest BCUT2D eigenvalue weighted by atomic mass is 10.2. The maximum absolute atomic E-state index is 12.8. The Morgan fingerprint density at radius 2 is 1.80 bits per heavy atom. The van der Waals surface area contributed by atoms with E-state index in [-0.39, 0.29) is 24.3 Å². The minimum atomic E-state index is -5.48.